The highest BCUT2D eigenvalue weighted by atomic mass is 32.1. The van der Waals surface area contributed by atoms with Crippen LogP contribution in [0.15, 0.2) is 0 Å². The van der Waals surface area contributed by atoms with Crippen LogP contribution < -0.4 is 5.73 Å². The average Bonchev–Trinajstić information content (AvgIpc) is 2.44. The Labute approximate surface area is 127 Å². The van der Waals surface area contributed by atoms with E-state index >= 15 is 0 Å². The van der Waals surface area contributed by atoms with Crippen molar-refractivity contribution in [1.29, 1.82) is 0 Å². The molecular weight excluding hydrogens is 274 g/mol. The molecule has 1 fully saturated rings. The topological polar surface area (TPSA) is 58.8 Å². The van der Waals surface area contributed by atoms with Gasteiger partial charge in [-0.2, -0.15) is 0 Å². The van der Waals surface area contributed by atoms with Gasteiger partial charge in [0, 0.05) is 26.2 Å². The number of hydrogen-bond acceptors (Lipinski definition) is 5. The van der Waals surface area contributed by atoms with Gasteiger partial charge in [-0.25, -0.2) is 0 Å². The summed E-state index contributed by atoms with van der Waals surface area (Å²) in [7, 11) is 0. The molecule has 2 N–H and O–H groups in total. The Hall–Kier alpha value is -0.720. The summed E-state index contributed by atoms with van der Waals surface area (Å²) in [6, 6.07) is 0.0154. The summed E-state index contributed by atoms with van der Waals surface area (Å²) < 4.78 is 5.07. The number of thiocarbonyl (C=S) groups is 1. The van der Waals surface area contributed by atoms with Gasteiger partial charge >= 0.3 is 5.97 Å². The quantitative estimate of drug-likeness (QED) is 0.559. The first-order chi connectivity index (χ1) is 9.51. The van der Waals surface area contributed by atoms with Gasteiger partial charge in [0.2, 0.25) is 0 Å². The molecule has 1 saturated heterocycles. The maximum absolute atomic E-state index is 11.8. The normalized spacial score (nSPS) is 20.4. The van der Waals surface area contributed by atoms with E-state index in [4.69, 9.17) is 22.7 Å². The molecule has 1 heterocycles. The highest BCUT2D eigenvalue weighted by molar-refractivity contribution is 7.80. The molecule has 0 aromatic rings. The molecule has 20 heavy (non-hydrogen) atoms. The minimum atomic E-state index is -0.174. The van der Waals surface area contributed by atoms with Gasteiger partial charge in [0.05, 0.1) is 17.6 Å². The average molecular weight is 301 g/mol. The van der Waals surface area contributed by atoms with E-state index in [-0.39, 0.29) is 18.1 Å². The Morgan fingerprint density at radius 3 is 2.25 bits per heavy atom. The van der Waals surface area contributed by atoms with Crippen molar-refractivity contribution in [3.63, 3.8) is 0 Å². The smallest absolute Gasteiger partial charge is 0.323 e. The van der Waals surface area contributed by atoms with Crippen LogP contribution in [0.3, 0.4) is 0 Å². The zero-order chi connectivity index (χ0) is 15.1. The fraction of sp³-hybridized carbons (Fsp3) is 0.857. The summed E-state index contributed by atoms with van der Waals surface area (Å²) in [4.78, 5) is 16.8. The van der Waals surface area contributed by atoms with E-state index in [2.05, 4.69) is 16.7 Å². The number of nitrogens with zero attached hydrogens (tertiary/aromatic N) is 2. The van der Waals surface area contributed by atoms with E-state index in [1.54, 1.807) is 0 Å². The minimum absolute atomic E-state index is 0.139. The van der Waals surface area contributed by atoms with Gasteiger partial charge in [0.1, 0.15) is 6.04 Å². The molecule has 0 saturated carbocycles. The second-order valence-electron chi connectivity index (χ2n) is 5.21. The minimum Gasteiger partial charge on any atom is -0.465 e. The summed E-state index contributed by atoms with van der Waals surface area (Å²) in [5.74, 6) is -0.139. The van der Waals surface area contributed by atoms with E-state index in [0.29, 0.717) is 11.6 Å². The van der Waals surface area contributed by atoms with Gasteiger partial charge in [0.25, 0.3) is 0 Å². The number of piperazine rings is 1. The van der Waals surface area contributed by atoms with E-state index in [9.17, 15) is 4.79 Å². The van der Waals surface area contributed by atoms with Gasteiger partial charge in [-0.05, 0) is 20.3 Å². The lowest BCUT2D eigenvalue weighted by atomic mass is 10.1. The Morgan fingerprint density at radius 1 is 1.25 bits per heavy atom. The Kier molecular flexibility index (Phi) is 7.40. The van der Waals surface area contributed by atoms with Crippen molar-refractivity contribution >= 4 is 23.2 Å². The molecule has 0 spiro atoms. The molecule has 0 aromatic carbocycles. The fourth-order valence-corrected chi connectivity index (χ4v) is 2.89. The second kappa shape index (κ2) is 8.54. The monoisotopic (exact) mass is 301 g/mol. The number of esters is 1. The number of nitrogens with two attached hydrogens (primary N) is 1. The van der Waals surface area contributed by atoms with Crippen LogP contribution in [-0.4, -0.2) is 65.6 Å². The van der Waals surface area contributed by atoms with Crippen molar-refractivity contribution in [3.05, 3.63) is 0 Å². The van der Waals surface area contributed by atoms with Crippen LogP contribution in [0.4, 0.5) is 0 Å². The van der Waals surface area contributed by atoms with E-state index < -0.39 is 0 Å². The van der Waals surface area contributed by atoms with Crippen LogP contribution in [0, 0.1) is 0 Å². The molecule has 1 aliphatic rings. The highest BCUT2D eigenvalue weighted by Gasteiger charge is 2.29. The maximum atomic E-state index is 11.8. The molecule has 0 amide bonds. The zero-order valence-corrected chi connectivity index (χ0v) is 13.6. The van der Waals surface area contributed by atoms with Crippen LogP contribution in [0.1, 0.15) is 33.6 Å². The molecule has 116 valence electrons. The first-order valence-corrected chi connectivity index (χ1v) is 7.86. The number of rotatable bonds is 7. The number of carbonyl (C=O) groups is 1. The van der Waals surface area contributed by atoms with E-state index in [1.165, 1.54) is 0 Å². The third-order valence-electron chi connectivity index (χ3n) is 3.86. The zero-order valence-electron chi connectivity index (χ0n) is 12.8. The van der Waals surface area contributed by atoms with Crippen molar-refractivity contribution < 1.29 is 9.53 Å². The molecule has 2 atom stereocenters. The number of hydrogen-bond donors (Lipinski definition) is 1. The largest absolute Gasteiger partial charge is 0.465 e. The standard InChI is InChI=1S/C14H27N3O2S/c1-4-6-12(13(15)20)17-9-7-16(8-10-17)11(3)14(18)19-5-2/h11-12H,4-10H2,1-3H3,(H2,15,20). The maximum Gasteiger partial charge on any atom is 0.323 e. The van der Waals surface area contributed by atoms with Crippen LogP contribution in [0.2, 0.25) is 0 Å². The predicted molar refractivity (Wildman–Crippen MR) is 84.7 cm³/mol. The molecule has 6 heteroatoms. The first-order valence-electron chi connectivity index (χ1n) is 7.45. The highest BCUT2D eigenvalue weighted by Crippen LogP contribution is 2.14. The lowest BCUT2D eigenvalue weighted by molar-refractivity contribution is -0.149. The van der Waals surface area contributed by atoms with Crippen LogP contribution in [0.25, 0.3) is 0 Å². The lowest BCUT2D eigenvalue weighted by Gasteiger charge is -2.40. The molecule has 2 unspecified atom stereocenters. The van der Waals surface area contributed by atoms with Crippen molar-refractivity contribution in [2.24, 2.45) is 5.73 Å². The predicted octanol–water partition coefficient (Wildman–Crippen LogP) is 1.01. The molecule has 5 nitrogen and oxygen atoms in total. The molecule has 1 rings (SSSR count). The van der Waals surface area contributed by atoms with Gasteiger partial charge in [-0.1, -0.05) is 25.6 Å². The summed E-state index contributed by atoms with van der Waals surface area (Å²) in [6.45, 7) is 9.81. The van der Waals surface area contributed by atoms with Crippen molar-refractivity contribution in [2.75, 3.05) is 32.8 Å². The third kappa shape index (κ3) is 4.68. The Balaban J connectivity index is 2.50. The van der Waals surface area contributed by atoms with Crippen molar-refractivity contribution in [1.82, 2.24) is 9.80 Å². The molecular formula is C14H27N3O2S. The molecule has 1 aliphatic heterocycles. The summed E-state index contributed by atoms with van der Waals surface area (Å²) in [5.41, 5.74) is 5.84. The van der Waals surface area contributed by atoms with Gasteiger partial charge < -0.3 is 10.5 Å². The van der Waals surface area contributed by atoms with Crippen molar-refractivity contribution in [3.8, 4) is 0 Å². The van der Waals surface area contributed by atoms with Crippen LogP contribution >= 0.6 is 12.2 Å². The molecule has 0 bridgehead atoms. The SMILES string of the molecule is CCCC(C(N)=S)N1CCN(C(C)C(=O)OCC)CC1. The van der Waals surface area contributed by atoms with Gasteiger partial charge in [-0.15, -0.1) is 0 Å². The Morgan fingerprint density at radius 2 is 1.80 bits per heavy atom. The summed E-state index contributed by atoms with van der Waals surface area (Å²) in [5, 5.41) is 0. The summed E-state index contributed by atoms with van der Waals surface area (Å²) >= 11 is 5.17. The second-order valence-corrected chi connectivity index (χ2v) is 5.68. The summed E-state index contributed by atoms with van der Waals surface area (Å²) in [6.07, 6.45) is 2.07. The van der Waals surface area contributed by atoms with E-state index in [1.807, 2.05) is 13.8 Å². The molecule has 0 aromatic heterocycles. The molecule has 0 aliphatic carbocycles. The molecule has 0 radical (unpaired) electrons. The fourth-order valence-electron chi connectivity index (χ4n) is 2.63. The Bertz CT molecular complexity index is 330. The number of carbonyl (C=O) groups excluding carboxylic acids is 1. The first kappa shape index (κ1) is 17.3. The van der Waals surface area contributed by atoms with Crippen LogP contribution in [0.5, 0.6) is 0 Å². The number of ether oxygens (including phenoxy) is 1. The van der Waals surface area contributed by atoms with Gasteiger partial charge in [-0.3, -0.25) is 14.6 Å². The van der Waals surface area contributed by atoms with Crippen LogP contribution in [-0.2, 0) is 9.53 Å². The lowest BCUT2D eigenvalue weighted by Crippen LogP contribution is -2.56. The van der Waals surface area contributed by atoms with E-state index in [0.717, 1.165) is 39.0 Å². The third-order valence-corrected chi connectivity index (χ3v) is 4.13. The van der Waals surface area contributed by atoms with Gasteiger partial charge in [0.15, 0.2) is 0 Å². The van der Waals surface area contributed by atoms with Crippen molar-refractivity contribution in [2.45, 2.75) is 45.7 Å².